The normalized spacial score (nSPS) is 16.1. The third-order valence-electron chi connectivity index (χ3n) is 2.77. The van der Waals surface area contributed by atoms with Crippen molar-refractivity contribution in [2.24, 2.45) is 0 Å². The number of carbonyl (C=O) groups is 1. The van der Waals surface area contributed by atoms with Gasteiger partial charge in [0.2, 0.25) is 0 Å². The molecular weight excluding hydrogens is 206 g/mol. The van der Waals surface area contributed by atoms with Gasteiger partial charge in [0.25, 0.3) is 0 Å². The van der Waals surface area contributed by atoms with Crippen LogP contribution in [0.25, 0.3) is 0 Å². The molecule has 6 heteroatoms. The number of rotatable bonds is 3. The van der Waals surface area contributed by atoms with E-state index < -0.39 is 0 Å². The van der Waals surface area contributed by atoms with E-state index in [1.165, 1.54) is 12.8 Å². The molecule has 88 valence electrons. The van der Waals surface area contributed by atoms with E-state index in [4.69, 9.17) is 0 Å². The molecule has 1 fully saturated rings. The van der Waals surface area contributed by atoms with Crippen LogP contribution in [0.1, 0.15) is 25.7 Å². The monoisotopic (exact) mass is 223 g/mol. The number of hydrogen-bond acceptors (Lipinski definition) is 3. The van der Waals surface area contributed by atoms with E-state index in [9.17, 15) is 4.79 Å². The molecule has 2 rings (SSSR count). The molecule has 1 heterocycles. The van der Waals surface area contributed by atoms with E-state index in [-0.39, 0.29) is 6.03 Å². The minimum atomic E-state index is -0.168. The van der Waals surface area contributed by atoms with Gasteiger partial charge in [-0.1, -0.05) is 12.8 Å². The quantitative estimate of drug-likeness (QED) is 0.627. The Labute approximate surface area is 94.2 Å². The summed E-state index contributed by atoms with van der Waals surface area (Å²) in [7, 11) is 1.78. The number of nitrogens with zero attached hydrogens (tertiary/aromatic N) is 1. The van der Waals surface area contributed by atoms with Crippen molar-refractivity contribution < 1.29 is 4.79 Å². The molecule has 0 unspecified atom stereocenters. The third-order valence-corrected chi connectivity index (χ3v) is 2.77. The molecule has 1 aromatic heterocycles. The lowest BCUT2D eigenvalue weighted by molar-refractivity contribution is 0.248. The number of anilines is 2. The maximum atomic E-state index is 11.6. The van der Waals surface area contributed by atoms with E-state index in [0.29, 0.717) is 17.7 Å². The van der Waals surface area contributed by atoms with Crippen LogP contribution in [-0.4, -0.2) is 29.3 Å². The number of carbonyl (C=O) groups excluding carboxylic acids is 1. The van der Waals surface area contributed by atoms with Crippen LogP contribution in [0, 0.1) is 0 Å². The zero-order valence-electron chi connectivity index (χ0n) is 9.34. The van der Waals surface area contributed by atoms with Gasteiger partial charge in [0.05, 0.1) is 0 Å². The van der Waals surface area contributed by atoms with Gasteiger partial charge in [-0.3, -0.25) is 10.4 Å². The molecule has 1 aliphatic rings. The van der Waals surface area contributed by atoms with Crippen LogP contribution in [0.5, 0.6) is 0 Å². The number of urea groups is 1. The number of hydrogen-bond donors (Lipinski definition) is 4. The Bertz CT molecular complexity index is 356. The number of H-pyrrole nitrogens is 1. The largest absolute Gasteiger partial charge is 0.372 e. The minimum absolute atomic E-state index is 0.168. The van der Waals surface area contributed by atoms with Crippen molar-refractivity contribution in [3.63, 3.8) is 0 Å². The first kappa shape index (κ1) is 10.8. The fourth-order valence-corrected chi connectivity index (χ4v) is 1.93. The summed E-state index contributed by atoms with van der Waals surface area (Å²) in [4.78, 5) is 11.6. The highest BCUT2D eigenvalue weighted by atomic mass is 16.2. The standard InChI is InChI=1S/C10H17N5O/c1-11-8-6-9(15-14-8)13-10(16)12-7-4-2-3-5-7/h6-7H,2-5H2,1H3,(H4,11,12,13,14,15,16). The minimum Gasteiger partial charge on any atom is -0.372 e. The molecule has 6 nitrogen and oxygen atoms in total. The van der Waals surface area contributed by atoms with E-state index in [1.807, 2.05) is 0 Å². The average Bonchev–Trinajstić information content (AvgIpc) is 2.89. The zero-order valence-corrected chi connectivity index (χ0v) is 9.34. The van der Waals surface area contributed by atoms with Gasteiger partial charge in [-0.15, -0.1) is 0 Å². The maximum absolute atomic E-state index is 11.6. The third kappa shape index (κ3) is 2.65. The van der Waals surface area contributed by atoms with Gasteiger partial charge in [-0.25, -0.2) is 4.79 Å². The molecule has 2 amide bonds. The molecule has 0 aromatic carbocycles. The summed E-state index contributed by atoms with van der Waals surface area (Å²) in [6.07, 6.45) is 4.58. The fourth-order valence-electron chi connectivity index (χ4n) is 1.93. The first-order valence-corrected chi connectivity index (χ1v) is 5.58. The van der Waals surface area contributed by atoms with Crippen LogP contribution < -0.4 is 16.0 Å². The van der Waals surface area contributed by atoms with Crippen LogP contribution in [0.15, 0.2) is 6.07 Å². The molecule has 1 saturated carbocycles. The number of amides is 2. The number of aromatic amines is 1. The highest BCUT2D eigenvalue weighted by Gasteiger charge is 2.17. The lowest BCUT2D eigenvalue weighted by Crippen LogP contribution is -2.36. The van der Waals surface area contributed by atoms with Crippen LogP contribution in [0.3, 0.4) is 0 Å². The highest BCUT2D eigenvalue weighted by molar-refractivity contribution is 5.88. The van der Waals surface area contributed by atoms with Crippen LogP contribution >= 0.6 is 0 Å². The lowest BCUT2D eigenvalue weighted by atomic mass is 10.2. The van der Waals surface area contributed by atoms with Crippen molar-refractivity contribution in [3.05, 3.63) is 6.07 Å². The topological polar surface area (TPSA) is 81.8 Å². The summed E-state index contributed by atoms with van der Waals surface area (Å²) in [5, 5.41) is 15.2. The van der Waals surface area contributed by atoms with Crippen LogP contribution in [0.2, 0.25) is 0 Å². The SMILES string of the molecule is CNc1cc(NC(=O)NC2CCCC2)[nH]n1. The first-order chi connectivity index (χ1) is 7.78. The van der Waals surface area contributed by atoms with Gasteiger partial charge >= 0.3 is 6.03 Å². The van der Waals surface area contributed by atoms with Crippen molar-refractivity contribution in [3.8, 4) is 0 Å². The van der Waals surface area contributed by atoms with Gasteiger partial charge in [0.15, 0.2) is 0 Å². The molecular formula is C10H17N5O. The highest BCUT2D eigenvalue weighted by Crippen LogP contribution is 2.17. The Hall–Kier alpha value is -1.72. The second-order valence-electron chi connectivity index (χ2n) is 4.00. The van der Waals surface area contributed by atoms with Gasteiger partial charge < -0.3 is 10.6 Å². The summed E-state index contributed by atoms with van der Waals surface area (Å²) in [5.41, 5.74) is 0. The second kappa shape index (κ2) is 4.87. The first-order valence-electron chi connectivity index (χ1n) is 5.58. The predicted octanol–water partition coefficient (Wildman–Crippen LogP) is 1.52. The molecule has 0 atom stereocenters. The number of aromatic nitrogens is 2. The van der Waals surface area contributed by atoms with Crippen molar-refractivity contribution in [2.75, 3.05) is 17.7 Å². The Morgan fingerprint density at radius 2 is 2.25 bits per heavy atom. The Balaban J connectivity index is 1.81. The fraction of sp³-hybridized carbons (Fsp3) is 0.600. The molecule has 16 heavy (non-hydrogen) atoms. The van der Waals surface area contributed by atoms with Crippen LogP contribution in [-0.2, 0) is 0 Å². The van der Waals surface area contributed by atoms with Gasteiger partial charge in [-0.2, -0.15) is 5.10 Å². The molecule has 0 saturated heterocycles. The van der Waals surface area contributed by atoms with Crippen molar-refractivity contribution in [1.29, 1.82) is 0 Å². The van der Waals surface area contributed by atoms with E-state index in [2.05, 4.69) is 26.1 Å². The Morgan fingerprint density at radius 1 is 1.50 bits per heavy atom. The Kier molecular flexibility index (Phi) is 3.28. The lowest BCUT2D eigenvalue weighted by Gasteiger charge is -2.11. The van der Waals surface area contributed by atoms with Gasteiger partial charge in [-0.05, 0) is 12.8 Å². The average molecular weight is 223 g/mol. The molecule has 1 aliphatic carbocycles. The van der Waals surface area contributed by atoms with Crippen molar-refractivity contribution >= 4 is 17.7 Å². The molecule has 1 aromatic rings. The smallest absolute Gasteiger partial charge is 0.320 e. The van der Waals surface area contributed by atoms with E-state index in [1.54, 1.807) is 13.1 Å². The summed E-state index contributed by atoms with van der Waals surface area (Å²) >= 11 is 0. The number of nitrogens with one attached hydrogen (secondary N) is 4. The predicted molar refractivity (Wildman–Crippen MR) is 62.5 cm³/mol. The molecule has 0 radical (unpaired) electrons. The zero-order chi connectivity index (χ0) is 11.4. The summed E-state index contributed by atoms with van der Waals surface area (Å²) in [6.45, 7) is 0. The summed E-state index contributed by atoms with van der Waals surface area (Å²) in [6, 6.07) is 1.90. The molecule has 0 bridgehead atoms. The summed E-state index contributed by atoms with van der Waals surface area (Å²) < 4.78 is 0. The van der Waals surface area contributed by atoms with Crippen molar-refractivity contribution in [1.82, 2.24) is 15.5 Å². The van der Waals surface area contributed by atoms with Gasteiger partial charge in [0.1, 0.15) is 11.6 Å². The van der Waals surface area contributed by atoms with Crippen LogP contribution in [0.4, 0.5) is 16.4 Å². The maximum Gasteiger partial charge on any atom is 0.320 e. The Morgan fingerprint density at radius 3 is 2.88 bits per heavy atom. The van der Waals surface area contributed by atoms with Crippen molar-refractivity contribution in [2.45, 2.75) is 31.7 Å². The van der Waals surface area contributed by atoms with E-state index in [0.717, 1.165) is 12.8 Å². The van der Waals surface area contributed by atoms with E-state index >= 15 is 0 Å². The second-order valence-corrected chi connectivity index (χ2v) is 4.00. The molecule has 4 N–H and O–H groups in total. The van der Waals surface area contributed by atoms with Gasteiger partial charge in [0, 0.05) is 19.2 Å². The summed E-state index contributed by atoms with van der Waals surface area (Å²) in [5.74, 6) is 1.30. The molecule has 0 spiro atoms. The molecule has 0 aliphatic heterocycles.